The van der Waals surface area contributed by atoms with Crippen LogP contribution in [0.3, 0.4) is 0 Å². The largest absolute Gasteiger partial charge is 0.132 e. The molecule has 0 fully saturated rings. The third-order valence-electron chi connectivity index (χ3n) is 2.45. The number of benzene rings is 1. The van der Waals surface area contributed by atoms with Gasteiger partial charge in [0, 0.05) is 16.9 Å². The summed E-state index contributed by atoms with van der Waals surface area (Å²) in [4.78, 5) is 0. The molecule has 0 unspecified atom stereocenters. The minimum absolute atomic E-state index is 0.429. The van der Waals surface area contributed by atoms with Gasteiger partial charge in [0.2, 0.25) is 0 Å². The lowest BCUT2D eigenvalue weighted by molar-refractivity contribution is 1.59. The quantitative estimate of drug-likeness (QED) is 0.577. The summed E-state index contributed by atoms with van der Waals surface area (Å²) in [6.45, 7) is 15.4. The van der Waals surface area contributed by atoms with Gasteiger partial charge in [-0.15, -0.1) is 7.14 Å². The molecule has 18 heavy (non-hydrogen) atoms. The van der Waals surface area contributed by atoms with Gasteiger partial charge in [-0.3, -0.25) is 0 Å². The second-order valence-electron chi connectivity index (χ2n) is 7.31. The first-order valence-electron chi connectivity index (χ1n) is 6.47. The van der Waals surface area contributed by atoms with E-state index in [1.165, 1.54) is 0 Å². The first-order chi connectivity index (χ1) is 8.02. The zero-order chi connectivity index (χ0) is 14.0. The van der Waals surface area contributed by atoms with Crippen molar-refractivity contribution in [1.82, 2.24) is 0 Å². The highest BCUT2D eigenvalue weighted by Crippen LogP contribution is 2.55. The predicted molar refractivity (Wildman–Crippen MR) is 99.4 cm³/mol. The molecule has 1 aromatic carbocycles. The smallest absolute Gasteiger partial charge is 0.131 e. The minimum Gasteiger partial charge on any atom is -0.132 e. The second-order valence-corrected chi connectivity index (χ2v) is 21.7. The van der Waals surface area contributed by atoms with Gasteiger partial charge in [0.25, 0.3) is 0 Å². The van der Waals surface area contributed by atoms with E-state index in [0.29, 0.717) is 7.57 Å². The van der Waals surface area contributed by atoms with Crippen LogP contribution in [0.4, 0.5) is 0 Å². The van der Waals surface area contributed by atoms with Crippen LogP contribution in [0.15, 0.2) is 30.3 Å². The summed E-state index contributed by atoms with van der Waals surface area (Å²) in [6.07, 6.45) is 0. The van der Waals surface area contributed by atoms with E-state index in [9.17, 15) is 0 Å². The van der Waals surface area contributed by atoms with E-state index in [4.69, 9.17) is 0 Å². The normalized spacial score (nSPS) is 13.7. The lowest BCUT2D eigenvalue weighted by Gasteiger charge is -2.38. The molecule has 0 radical (unpaired) electrons. The zero-order valence-corrected chi connectivity index (χ0v) is 15.1. The zero-order valence-electron chi connectivity index (χ0n) is 12.2. The highest BCUT2D eigenvalue weighted by Gasteiger charge is 2.37. The molecule has 0 saturated carbocycles. The first-order valence-corrected chi connectivity index (χ1v) is 15.6. The minimum atomic E-state index is -0.941. The molecule has 0 bridgehead atoms. The van der Waals surface area contributed by atoms with Crippen LogP contribution in [0.5, 0.6) is 0 Å². The molecule has 1 rings (SSSR count). The molecule has 0 amide bonds. The Hall–Kier alpha value is 0.149. The van der Waals surface area contributed by atoms with Crippen molar-refractivity contribution >= 4 is 36.2 Å². The maximum Gasteiger partial charge on any atom is 0.131 e. The third kappa shape index (κ3) is 5.42. The Kier molecular flexibility index (Phi) is 5.08. The van der Waals surface area contributed by atoms with Crippen LogP contribution < -0.4 is 5.30 Å². The van der Waals surface area contributed by atoms with Gasteiger partial charge in [0.15, 0.2) is 0 Å². The Morgan fingerprint density at radius 3 is 1.56 bits per heavy atom. The van der Waals surface area contributed by atoms with Gasteiger partial charge >= 0.3 is 0 Å². The summed E-state index contributed by atoms with van der Waals surface area (Å²) in [5, 5.41) is 1.77. The number of hydrogen-bond acceptors (Lipinski definition) is 0. The fraction of sp³-hybridized carbons (Fsp3) is 0.571. The topological polar surface area (TPSA) is 0 Å². The van der Waals surface area contributed by atoms with Crippen LogP contribution in [-0.4, -0.2) is 35.3 Å². The van der Waals surface area contributed by atoms with Gasteiger partial charge in [0.1, 0.15) is 7.57 Å². The van der Waals surface area contributed by atoms with Crippen molar-refractivity contribution in [2.45, 2.75) is 39.3 Å². The third-order valence-corrected chi connectivity index (χ3v) is 14.1. The standard InChI is InChI=1S/C14H30BPSi2/c1-17(2,3)12-16(15,13-18(4,5)6)14-10-8-7-9-11-14/h7-11H,12-13H2,1-6,15H3. The van der Waals surface area contributed by atoms with E-state index in [2.05, 4.69) is 69.6 Å². The fourth-order valence-corrected chi connectivity index (χ4v) is 14.7. The van der Waals surface area contributed by atoms with Crippen LogP contribution in [0.2, 0.25) is 39.3 Å². The molecule has 102 valence electrons. The molecule has 0 aromatic heterocycles. The molecule has 0 N–H and O–H groups in total. The summed E-state index contributed by atoms with van der Waals surface area (Å²) >= 11 is 0. The maximum atomic E-state index is 2.57. The molecule has 0 aliphatic rings. The van der Waals surface area contributed by atoms with E-state index in [-0.39, 0.29) is 0 Å². The fourth-order valence-electron chi connectivity index (χ4n) is 2.02. The van der Waals surface area contributed by atoms with Crippen molar-refractivity contribution < 1.29 is 0 Å². The molecule has 4 heteroatoms. The van der Waals surface area contributed by atoms with E-state index in [1.54, 1.807) is 16.9 Å². The Labute approximate surface area is 117 Å². The van der Waals surface area contributed by atoms with Crippen molar-refractivity contribution in [3.8, 4) is 0 Å². The predicted octanol–water partition coefficient (Wildman–Crippen LogP) is 3.36. The molecule has 0 heterocycles. The lowest BCUT2D eigenvalue weighted by Crippen LogP contribution is -2.39. The summed E-state index contributed by atoms with van der Waals surface area (Å²) < 4.78 is 0. The first kappa shape index (κ1) is 16.2. The summed E-state index contributed by atoms with van der Waals surface area (Å²) in [5.74, 6) is 3.24. The van der Waals surface area contributed by atoms with Gasteiger partial charge < -0.3 is 0 Å². The summed E-state index contributed by atoms with van der Waals surface area (Å²) in [6, 6.07) is 11.6. The van der Waals surface area contributed by atoms with Crippen LogP contribution in [0.1, 0.15) is 0 Å². The molecule has 0 nitrogen and oxygen atoms in total. The average molecular weight is 296 g/mol. The lowest BCUT2D eigenvalue weighted by atomic mass is 10.4. The van der Waals surface area contributed by atoms with E-state index < -0.39 is 23.3 Å². The van der Waals surface area contributed by atoms with Crippen molar-refractivity contribution in [3.05, 3.63) is 30.3 Å². The Bertz CT molecular complexity index is 363. The van der Waals surface area contributed by atoms with Gasteiger partial charge in [-0.2, -0.15) is 0 Å². The number of hydrogen-bond donors (Lipinski definition) is 0. The van der Waals surface area contributed by atoms with Gasteiger partial charge in [-0.1, -0.05) is 57.5 Å². The van der Waals surface area contributed by atoms with Crippen molar-refractivity contribution in [2.24, 2.45) is 0 Å². The SMILES string of the molecule is [BH3-][P+](C[Si](C)(C)C)(C[Si](C)(C)C)c1ccccc1. The Morgan fingerprint density at radius 2 is 1.22 bits per heavy atom. The van der Waals surface area contributed by atoms with Crippen molar-refractivity contribution in [3.63, 3.8) is 0 Å². The van der Waals surface area contributed by atoms with E-state index >= 15 is 0 Å². The van der Waals surface area contributed by atoms with Gasteiger partial charge in [-0.25, -0.2) is 0 Å². The van der Waals surface area contributed by atoms with E-state index in [0.717, 1.165) is 0 Å². The summed E-state index contributed by atoms with van der Waals surface area (Å²) in [7, 11) is -2.14. The molecule has 0 aliphatic heterocycles. The Balaban J connectivity index is 3.09. The number of rotatable bonds is 5. The average Bonchev–Trinajstić information content (AvgIpc) is 2.13. The van der Waals surface area contributed by atoms with Crippen LogP contribution in [0.25, 0.3) is 0 Å². The molecule has 0 saturated heterocycles. The molecule has 0 atom stereocenters. The van der Waals surface area contributed by atoms with Crippen LogP contribution in [-0.2, 0) is 0 Å². The molecule has 0 spiro atoms. The highest BCUT2D eigenvalue weighted by atomic mass is 31.2. The van der Waals surface area contributed by atoms with Crippen LogP contribution in [0, 0.1) is 0 Å². The van der Waals surface area contributed by atoms with E-state index in [1.807, 2.05) is 0 Å². The second kappa shape index (κ2) is 5.64. The Morgan fingerprint density at radius 1 is 0.833 bits per heavy atom. The monoisotopic (exact) mass is 296 g/mol. The molecular weight excluding hydrogens is 266 g/mol. The van der Waals surface area contributed by atoms with Crippen molar-refractivity contribution in [1.29, 1.82) is 0 Å². The highest BCUT2D eigenvalue weighted by molar-refractivity contribution is 8.05. The molecule has 0 aliphatic carbocycles. The summed E-state index contributed by atoms with van der Waals surface area (Å²) in [5.41, 5.74) is 0. The van der Waals surface area contributed by atoms with Gasteiger partial charge in [0.05, 0.1) is 16.1 Å². The molecule has 1 aromatic rings. The van der Waals surface area contributed by atoms with Crippen molar-refractivity contribution in [2.75, 3.05) is 11.6 Å². The van der Waals surface area contributed by atoms with Gasteiger partial charge in [-0.05, 0) is 12.1 Å². The maximum absolute atomic E-state index is 2.57. The van der Waals surface area contributed by atoms with Crippen LogP contribution >= 0.6 is 7.14 Å². The molecular formula is C14H30BPSi2.